The van der Waals surface area contributed by atoms with E-state index < -0.39 is 6.04 Å². The standard InChI is InChI=1S/C13H19N3O/c14-12(10-5-2-1-3-6-10)13(17)16-9-11-7-4-8-15-11/h1-3,5-6,11-12,15H,4,7-9,14H2,(H,16,17). The molecule has 2 unspecified atom stereocenters. The Morgan fingerprint density at radius 1 is 1.47 bits per heavy atom. The van der Waals surface area contributed by atoms with Crippen molar-refractivity contribution in [3.05, 3.63) is 35.9 Å². The Morgan fingerprint density at radius 3 is 2.88 bits per heavy atom. The molecule has 0 saturated carbocycles. The van der Waals surface area contributed by atoms with Crippen molar-refractivity contribution in [3.8, 4) is 0 Å². The van der Waals surface area contributed by atoms with E-state index in [2.05, 4.69) is 10.6 Å². The fraction of sp³-hybridized carbons (Fsp3) is 0.462. The zero-order chi connectivity index (χ0) is 12.1. The SMILES string of the molecule is NC(C(=O)NCC1CCCN1)c1ccccc1. The fourth-order valence-corrected chi connectivity index (χ4v) is 2.08. The number of carbonyl (C=O) groups excluding carboxylic acids is 1. The maximum absolute atomic E-state index is 11.8. The monoisotopic (exact) mass is 233 g/mol. The van der Waals surface area contributed by atoms with E-state index in [1.54, 1.807) is 0 Å². The van der Waals surface area contributed by atoms with Crippen LogP contribution in [0.4, 0.5) is 0 Å². The highest BCUT2D eigenvalue weighted by molar-refractivity contribution is 5.82. The van der Waals surface area contributed by atoms with Gasteiger partial charge in [0.1, 0.15) is 6.04 Å². The van der Waals surface area contributed by atoms with Crippen molar-refractivity contribution in [3.63, 3.8) is 0 Å². The number of nitrogens with one attached hydrogen (secondary N) is 2. The largest absolute Gasteiger partial charge is 0.353 e. The van der Waals surface area contributed by atoms with Gasteiger partial charge in [0.25, 0.3) is 0 Å². The lowest BCUT2D eigenvalue weighted by atomic mass is 10.1. The van der Waals surface area contributed by atoms with Crippen molar-refractivity contribution in [2.75, 3.05) is 13.1 Å². The summed E-state index contributed by atoms with van der Waals surface area (Å²) in [5, 5.41) is 6.23. The van der Waals surface area contributed by atoms with Gasteiger partial charge < -0.3 is 16.4 Å². The van der Waals surface area contributed by atoms with Gasteiger partial charge in [-0.15, -0.1) is 0 Å². The minimum absolute atomic E-state index is 0.107. The molecular weight excluding hydrogens is 214 g/mol. The van der Waals surface area contributed by atoms with E-state index in [9.17, 15) is 4.79 Å². The van der Waals surface area contributed by atoms with Crippen molar-refractivity contribution in [2.24, 2.45) is 5.73 Å². The zero-order valence-corrected chi connectivity index (χ0v) is 9.86. The molecule has 0 aliphatic carbocycles. The summed E-state index contributed by atoms with van der Waals surface area (Å²) in [4.78, 5) is 11.8. The number of carbonyl (C=O) groups is 1. The summed E-state index contributed by atoms with van der Waals surface area (Å²) in [5.74, 6) is -0.107. The van der Waals surface area contributed by atoms with Crippen LogP contribution in [0.25, 0.3) is 0 Å². The summed E-state index contributed by atoms with van der Waals surface area (Å²) in [6.07, 6.45) is 2.31. The maximum Gasteiger partial charge on any atom is 0.241 e. The molecule has 92 valence electrons. The molecule has 4 heteroatoms. The second kappa shape index (κ2) is 5.80. The minimum Gasteiger partial charge on any atom is -0.353 e. The highest BCUT2D eigenvalue weighted by Crippen LogP contribution is 2.09. The molecule has 0 radical (unpaired) electrons. The predicted octanol–water partition coefficient (Wildman–Crippen LogP) is 0.555. The van der Waals surface area contributed by atoms with Gasteiger partial charge in [-0.25, -0.2) is 0 Å². The molecule has 0 spiro atoms. The predicted molar refractivity (Wildman–Crippen MR) is 67.4 cm³/mol. The summed E-state index contributed by atoms with van der Waals surface area (Å²) in [5.41, 5.74) is 6.74. The molecule has 1 aliphatic rings. The smallest absolute Gasteiger partial charge is 0.241 e. The van der Waals surface area contributed by atoms with Gasteiger partial charge in [0, 0.05) is 12.6 Å². The number of nitrogens with two attached hydrogens (primary N) is 1. The van der Waals surface area contributed by atoms with Crippen LogP contribution in [-0.4, -0.2) is 25.0 Å². The van der Waals surface area contributed by atoms with Crippen molar-refractivity contribution >= 4 is 5.91 Å². The number of amides is 1. The first-order valence-electron chi connectivity index (χ1n) is 6.09. The lowest BCUT2D eigenvalue weighted by Gasteiger charge is -2.15. The molecule has 4 N–H and O–H groups in total. The van der Waals surface area contributed by atoms with E-state index in [1.165, 1.54) is 6.42 Å². The molecule has 0 bridgehead atoms. The van der Waals surface area contributed by atoms with Crippen LogP contribution in [-0.2, 0) is 4.79 Å². The summed E-state index contributed by atoms with van der Waals surface area (Å²) >= 11 is 0. The number of hydrogen-bond donors (Lipinski definition) is 3. The maximum atomic E-state index is 11.8. The van der Waals surface area contributed by atoms with Crippen molar-refractivity contribution < 1.29 is 4.79 Å². The van der Waals surface area contributed by atoms with Crippen molar-refractivity contribution in [2.45, 2.75) is 24.9 Å². The molecule has 1 aliphatic heterocycles. The lowest BCUT2D eigenvalue weighted by Crippen LogP contribution is -2.41. The summed E-state index contributed by atoms with van der Waals surface area (Å²) < 4.78 is 0. The Hall–Kier alpha value is -1.39. The number of hydrogen-bond acceptors (Lipinski definition) is 3. The van der Waals surface area contributed by atoms with Gasteiger partial charge in [0.05, 0.1) is 0 Å². The first kappa shape index (κ1) is 12.1. The molecule has 0 aromatic heterocycles. The zero-order valence-electron chi connectivity index (χ0n) is 9.86. The quantitative estimate of drug-likeness (QED) is 0.711. The molecule has 1 aromatic carbocycles. The Kier molecular flexibility index (Phi) is 4.12. The van der Waals surface area contributed by atoms with Crippen LogP contribution in [0.1, 0.15) is 24.4 Å². The second-order valence-corrected chi connectivity index (χ2v) is 4.43. The first-order valence-corrected chi connectivity index (χ1v) is 6.09. The molecule has 1 fully saturated rings. The average Bonchev–Trinajstić information content (AvgIpc) is 2.89. The fourth-order valence-electron chi connectivity index (χ4n) is 2.08. The van der Waals surface area contributed by atoms with Crippen LogP contribution in [0.5, 0.6) is 0 Å². The van der Waals surface area contributed by atoms with Crippen molar-refractivity contribution in [1.82, 2.24) is 10.6 Å². The minimum atomic E-state index is -0.572. The second-order valence-electron chi connectivity index (χ2n) is 4.43. The van der Waals surface area contributed by atoms with Crippen LogP contribution >= 0.6 is 0 Å². The van der Waals surface area contributed by atoms with Gasteiger partial charge in [0.15, 0.2) is 0 Å². The molecule has 1 amide bonds. The normalized spacial score (nSPS) is 21.1. The third-order valence-corrected chi connectivity index (χ3v) is 3.13. The topological polar surface area (TPSA) is 67.2 Å². The first-order chi connectivity index (χ1) is 8.27. The summed E-state index contributed by atoms with van der Waals surface area (Å²) in [6.45, 7) is 1.71. The Labute approximate surface area is 102 Å². The number of benzene rings is 1. The van der Waals surface area contributed by atoms with Crippen LogP contribution in [0.3, 0.4) is 0 Å². The van der Waals surface area contributed by atoms with Gasteiger partial charge in [-0.05, 0) is 24.9 Å². The highest BCUT2D eigenvalue weighted by atomic mass is 16.2. The van der Waals surface area contributed by atoms with E-state index in [4.69, 9.17) is 5.73 Å². The summed E-state index contributed by atoms with van der Waals surface area (Å²) in [7, 11) is 0. The van der Waals surface area contributed by atoms with E-state index in [1.807, 2.05) is 30.3 Å². The van der Waals surface area contributed by atoms with Crippen LogP contribution in [0, 0.1) is 0 Å². The van der Waals surface area contributed by atoms with Crippen LogP contribution in [0.15, 0.2) is 30.3 Å². The van der Waals surface area contributed by atoms with Crippen molar-refractivity contribution in [1.29, 1.82) is 0 Å². The average molecular weight is 233 g/mol. The molecule has 17 heavy (non-hydrogen) atoms. The van der Waals surface area contributed by atoms with E-state index >= 15 is 0 Å². The third-order valence-electron chi connectivity index (χ3n) is 3.13. The van der Waals surface area contributed by atoms with Gasteiger partial charge in [-0.1, -0.05) is 30.3 Å². The Morgan fingerprint density at radius 2 is 2.24 bits per heavy atom. The molecule has 2 atom stereocenters. The Bertz CT molecular complexity index is 360. The van der Waals surface area contributed by atoms with Crippen LogP contribution in [0.2, 0.25) is 0 Å². The third kappa shape index (κ3) is 3.28. The molecule has 2 rings (SSSR count). The Balaban J connectivity index is 1.83. The van der Waals surface area contributed by atoms with Gasteiger partial charge in [-0.2, -0.15) is 0 Å². The van der Waals surface area contributed by atoms with Gasteiger partial charge >= 0.3 is 0 Å². The van der Waals surface area contributed by atoms with Gasteiger partial charge in [-0.3, -0.25) is 4.79 Å². The summed E-state index contributed by atoms with van der Waals surface area (Å²) in [6, 6.07) is 9.27. The van der Waals surface area contributed by atoms with Gasteiger partial charge in [0.2, 0.25) is 5.91 Å². The van der Waals surface area contributed by atoms with E-state index in [-0.39, 0.29) is 5.91 Å². The van der Waals surface area contributed by atoms with E-state index in [0.29, 0.717) is 12.6 Å². The lowest BCUT2D eigenvalue weighted by molar-refractivity contribution is -0.122. The molecule has 1 saturated heterocycles. The molecule has 4 nitrogen and oxygen atoms in total. The van der Waals surface area contributed by atoms with E-state index in [0.717, 1.165) is 18.5 Å². The number of rotatable bonds is 4. The molecule has 1 aromatic rings. The molecular formula is C13H19N3O. The molecule has 1 heterocycles. The highest BCUT2D eigenvalue weighted by Gasteiger charge is 2.18. The van der Waals surface area contributed by atoms with Crippen LogP contribution < -0.4 is 16.4 Å².